The highest BCUT2D eigenvalue weighted by atomic mass is 19.1. The average molecular weight is 449 g/mol. The number of hydrogen-bond donors (Lipinski definition) is 0. The average Bonchev–Trinajstić information content (AvgIpc) is 3.24. The zero-order valence-corrected chi connectivity index (χ0v) is 18.3. The van der Waals surface area contributed by atoms with E-state index in [2.05, 4.69) is 5.10 Å². The third kappa shape index (κ3) is 4.08. The van der Waals surface area contributed by atoms with E-state index in [-0.39, 0.29) is 23.4 Å². The van der Waals surface area contributed by atoms with Crippen LogP contribution in [0.2, 0.25) is 0 Å². The summed E-state index contributed by atoms with van der Waals surface area (Å²) in [6.45, 7) is 3.81. The van der Waals surface area contributed by atoms with Gasteiger partial charge in [-0.25, -0.2) is 9.07 Å². The lowest BCUT2D eigenvalue weighted by molar-refractivity contribution is 0.0649. The number of rotatable bonds is 4. The van der Waals surface area contributed by atoms with Gasteiger partial charge >= 0.3 is 0 Å². The van der Waals surface area contributed by atoms with E-state index < -0.39 is 0 Å². The summed E-state index contributed by atoms with van der Waals surface area (Å²) in [6, 6.07) is 11.3. The lowest BCUT2D eigenvalue weighted by atomic mass is 9.88. The van der Waals surface area contributed by atoms with Gasteiger partial charge in [0.25, 0.3) is 5.91 Å². The second-order valence-electron chi connectivity index (χ2n) is 8.32. The van der Waals surface area contributed by atoms with Gasteiger partial charge < -0.3 is 14.4 Å². The molecule has 1 fully saturated rings. The molecule has 0 saturated carbocycles. The zero-order chi connectivity index (χ0) is 22.9. The first-order valence-corrected chi connectivity index (χ1v) is 11.0. The van der Waals surface area contributed by atoms with Gasteiger partial charge in [-0.15, -0.1) is 0 Å². The maximum Gasteiger partial charge on any atom is 0.257 e. The maximum atomic E-state index is 13.2. The summed E-state index contributed by atoms with van der Waals surface area (Å²) in [5.74, 6) is 0.766. The number of Topliss-reactive ketones (excluding diaryl/α,β-unsaturated/α-hetero) is 1. The number of ether oxygens (including phenoxy) is 2. The first-order valence-electron chi connectivity index (χ1n) is 11.0. The fourth-order valence-electron chi connectivity index (χ4n) is 4.41. The minimum atomic E-state index is -0.325. The summed E-state index contributed by atoms with van der Waals surface area (Å²) < 4.78 is 26.0. The van der Waals surface area contributed by atoms with Gasteiger partial charge in [0.05, 0.1) is 23.1 Å². The molecule has 5 rings (SSSR count). The summed E-state index contributed by atoms with van der Waals surface area (Å²) in [7, 11) is 0. The molecule has 0 bridgehead atoms. The predicted octanol–water partition coefficient (Wildman–Crippen LogP) is 3.83. The number of benzene rings is 2. The van der Waals surface area contributed by atoms with Gasteiger partial charge in [0.1, 0.15) is 19.0 Å². The van der Waals surface area contributed by atoms with Crippen LogP contribution in [0.5, 0.6) is 11.5 Å². The highest BCUT2D eigenvalue weighted by molar-refractivity contribution is 5.99. The molecule has 0 spiro atoms. The SMILES string of the molecule is Cc1c(C(=O)N2CCC(C(=O)c3ccc4c(c3)OCCO4)CC2)cnn1-c1ccc(F)cc1. The molecule has 0 N–H and O–H groups in total. The Bertz CT molecular complexity index is 1200. The Kier molecular flexibility index (Phi) is 5.58. The minimum absolute atomic E-state index is 0.0689. The van der Waals surface area contributed by atoms with Crippen molar-refractivity contribution >= 4 is 11.7 Å². The highest BCUT2D eigenvalue weighted by Crippen LogP contribution is 2.33. The summed E-state index contributed by atoms with van der Waals surface area (Å²) >= 11 is 0. The summed E-state index contributed by atoms with van der Waals surface area (Å²) in [5.41, 5.74) is 2.51. The van der Waals surface area contributed by atoms with E-state index in [1.807, 2.05) is 6.92 Å². The largest absolute Gasteiger partial charge is 0.486 e. The second-order valence-corrected chi connectivity index (χ2v) is 8.32. The molecule has 170 valence electrons. The molecule has 2 aliphatic heterocycles. The molecule has 0 aliphatic carbocycles. The normalized spacial score (nSPS) is 16.0. The quantitative estimate of drug-likeness (QED) is 0.566. The first kappa shape index (κ1) is 21.2. The fourth-order valence-corrected chi connectivity index (χ4v) is 4.41. The monoisotopic (exact) mass is 449 g/mol. The highest BCUT2D eigenvalue weighted by Gasteiger charge is 2.30. The molecule has 1 aromatic heterocycles. The topological polar surface area (TPSA) is 73.7 Å². The zero-order valence-electron chi connectivity index (χ0n) is 18.3. The van der Waals surface area contributed by atoms with E-state index >= 15 is 0 Å². The van der Waals surface area contributed by atoms with Crippen LogP contribution in [0.15, 0.2) is 48.7 Å². The molecule has 0 radical (unpaired) electrons. The molecule has 7 nitrogen and oxygen atoms in total. The lowest BCUT2D eigenvalue weighted by Gasteiger charge is -2.31. The van der Waals surface area contributed by atoms with Crippen LogP contribution in [0, 0.1) is 18.7 Å². The van der Waals surface area contributed by atoms with Crippen molar-refractivity contribution in [1.82, 2.24) is 14.7 Å². The second kappa shape index (κ2) is 8.69. The summed E-state index contributed by atoms with van der Waals surface area (Å²) in [6.07, 6.45) is 2.75. The van der Waals surface area contributed by atoms with Gasteiger partial charge in [0.15, 0.2) is 17.3 Å². The van der Waals surface area contributed by atoms with Crippen molar-refractivity contribution < 1.29 is 23.5 Å². The molecular weight excluding hydrogens is 425 g/mol. The van der Waals surface area contributed by atoms with Crippen molar-refractivity contribution in [3.63, 3.8) is 0 Å². The molecule has 1 saturated heterocycles. The number of piperidine rings is 1. The lowest BCUT2D eigenvalue weighted by Crippen LogP contribution is -2.40. The number of aromatic nitrogens is 2. The third-order valence-corrected chi connectivity index (χ3v) is 6.29. The van der Waals surface area contributed by atoms with Gasteiger partial charge in [-0.2, -0.15) is 5.10 Å². The van der Waals surface area contributed by atoms with Gasteiger partial charge in [0, 0.05) is 24.6 Å². The number of ketones is 1. The maximum absolute atomic E-state index is 13.2. The molecule has 3 aromatic rings. The number of fused-ring (bicyclic) bond motifs is 1. The van der Waals surface area contributed by atoms with E-state index in [9.17, 15) is 14.0 Å². The van der Waals surface area contributed by atoms with Crippen LogP contribution in [-0.4, -0.2) is 52.7 Å². The van der Waals surface area contributed by atoms with Gasteiger partial charge in [-0.05, 0) is 62.2 Å². The molecule has 2 aromatic carbocycles. The molecule has 0 atom stereocenters. The van der Waals surface area contributed by atoms with E-state index in [0.29, 0.717) is 73.2 Å². The number of nitrogens with zero attached hydrogens (tertiary/aromatic N) is 3. The predicted molar refractivity (Wildman–Crippen MR) is 119 cm³/mol. The number of halogens is 1. The van der Waals surface area contributed by atoms with Crippen molar-refractivity contribution in [3.05, 3.63) is 71.3 Å². The van der Waals surface area contributed by atoms with Crippen LogP contribution < -0.4 is 9.47 Å². The number of amides is 1. The molecular formula is C25H24FN3O4. The van der Waals surface area contributed by atoms with Crippen molar-refractivity contribution in [3.8, 4) is 17.2 Å². The van der Waals surface area contributed by atoms with Gasteiger partial charge in [0.2, 0.25) is 0 Å². The Morgan fingerprint density at radius 1 is 1.00 bits per heavy atom. The van der Waals surface area contributed by atoms with Gasteiger partial charge in [-0.3, -0.25) is 9.59 Å². The standard InChI is InChI=1S/C25H24FN3O4/c1-16-21(15-27-29(16)20-5-3-19(26)4-6-20)25(31)28-10-8-17(9-11-28)24(30)18-2-7-22-23(14-18)33-13-12-32-22/h2-7,14-15,17H,8-13H2,1H3. The molecule has 33 heavy (non-hydrogen) atoms. The minimum Gasteiger partial charge on any atom is -0.486 e. The van der Waals surface area contributed by atoms with E-state index in [0.717, 1.165) is 0 Å². The van der Waals surface area contributed by atoms with Crippen LogP contribution in [0.1, 0.15) is 39.3 Å². The smallest absolute Gasteiger partial charge is 0.257 e. The van der Waals surface area contributed by atoms with Crippen LogP contribution >= 0.6 is 0 Å². The Morgan fingerprint density at radius 2 is 1.70 bits per heavy atom. The van der Waals surface area contributed by atoms with E-state index in [4.69, 9.17) is 9.47 Å². The van der Waals surface area contributed by atoms with Crippen LogP contribution in [0.25, 0.3) is 5.69 Å². The van der Waals surface area contributed by atoms with Crippen LogP contribution in [0.3, 0.4) is 0 Å². The van der Waals surface area contributed by atoms with Crippen molar-refractivity contribution in [2.75, 3.05) is 26.3 Å². The number of carbonyl (C=O) groups is 2. The summed E-state index contributed by atoms with van der Waals surface area (Å²) in [5, 5.41) is 4.32. The number of carbonyl (C=O) groups excluding carboxylic acids is 2. The van der Waals surface area contributed by atoms with Gasteiger partial charge in [-0.1, -0.05) is 0 Å². The van der Waals surface area contributed by atoms with Crippen molar-refractivity contribution in [2.24, 2.45) is 5.92 Å². The van der Waals surface area contributed by atoms with E-state index in [1.54, 1.807) is 46.1 Å². The Morgan fingerprint density at radius 3 is 2.42 bits per heavy atom. The third-order valence-electron chi connectivity index (χ3n) is 6.29. The summed E-state index contributed by atoms with van der Waals surface area (Å²) in [4.78, 5) is 27.9. The number of hydrogen-bond acceptors (Lipinski definition) is 5. The fraction of sp³-hybridized carbons (Fsp3) is 0.320. The first-order chi connectivity index (χ1) is 16.0. The Balaban J connectivity index is 1.24. The van der Waals surface area contributed by atoms with E-state index in [1.165, 1.54) is 12.1 Å². The Hall–Kier alpha value is -3.68. The molecule has 3 heterocycles. The van der Waals surface area contributed by atoms with Crippen molar-refractivity contribution in [1.29, 1.82) is 0 Å². The molecule has 2 aliphatic rings. The Labute approximate surface area is 190 Å². The number of likely N-dealkylation sites (tertiary alicyclic amines) is 1. The molecule has 0 unspecified atom stereocenters. The molecule has 8 heteroatoms. The van der Waals surface area contributed by atoms with Crippen LogP contribution in [0.4, 0.5) is 4.39 Å². The van der Waals surface area contributed by atoms with Crippen LogP contribution in [-0.2, 0) is 0 Å². The van der Waals surface area contributed by atoms with Crippen molar-refractivity contribution in [2.45, 2.75) is 19.8 Å². The molecule has 1 amide bonds.